The Labute approximate surface area is 163 Å². The standard InChI is InChI=1S/C20H27BrN2O3/c1-15(2)25-12-4-11-22-20(24)14-23(3)13-18-9-10-19(26-18)16-5-7-17(21)8-6-16/h5-10,15H,4,11-14H2,1-3H3,(H,22,24). The number of rotatable bonds is 10. The van der Waals surface area contributed by atoms with Gasteiger partial charge in [0.15, 0.2) is 0 Å². The van der Waals surface area contributed by atoms with E-state index in [0.29, 0.717) is 26.2 Å². The van der Waals surface area contributed by atoms with Gasteiger partial charge in [0.25, 0.3) is 0 Å². The first kappa shape index (κ1) is 20.7. The van der Waals surface area contributed by atoms with E-state index in [9.17, 15) is 4.79 Å². The van der Waals surface area contributed by atoms with Crippen molar-refractivity contribution in [3.05, 3.63) is 46.6 Å². The monoisotopic (exact) mass is 422 g/mol. The highest BCUT2D eigenvalue weighted by atomic mass is 79.9. The molecule has 0 radical (unpaired) electrons. The Morgan fingerprint density at radius 3 is 2.65 bits per heavy atom. The molecule has 0 bridgehead atoms. The topological polar surface area (TPSA) is 54.7 Å². The molecule has 0 aliphatic heterocycles. The van der Waals surface area contributed by atoms with Gasteiger partial charge < -0.3 is 14.5 Å². The van der Waals surface area contributed by atoms with Crippen LogP contribution in [0.4, 0.5) is 0 Å². The van der Waals surface area contributed by atoms with E-state index in [-0.39, 0.29) is 12.0 Å². The predicted molar refractivity (Wildman–Crippen MR) is 107 cm³/mol. The van der Waals surface area contributed by atoms with Crippen LogP contribution in [0.5, 0.6) is 0 Å². The zero-order valence-corrected chi connectivity index (χ0v) is 17.2. The summed E-state index contributed by atoms with van der Waals surface area (Å²) >= 11 is 3.43. The first-order valence-electron chi connectivity index (χ1n) is 8.85. The second kappa shape index (κ2) is 10.5. The van der Waals surface area contributed by atoms with Crippen LogP contribution in [0.3, 0.4) is 0 Å². The summed E-state index contributed by atoms with van der Waals surface area (Å²) in [5.41, 5.74) is 1.03. The number of carbonyl (C=O) groups is 1. The molecule has 2 rings (SSSR count). The fraction of sp³-hybridized carbons (Fsp3) is 0.450. The Morgan fingerprint density at radius 2 is 1.96 bits per heavy atom. The fourth-order valence-electron chi connectivity index (χ4n) is 2.47. The molecule has 0 saturated heterocycles. The first-order valence-corrected chi connectivity index (χ1v) is 9.65. The van der Waals surface area contributed by atoms with Crippen molar-refractivity contribution in [2.45, 2.75) is 32.9 Å². The third-order valence-corrected chi connectivity index (χ3v) is 4.25. The fourth-order valence-corrected chi connectivity index (χ4v) is 2.74. The van der Waals surface area contributed by atoms with E-state index >= 15 is 0 Å². The summed E-state index contributed by atoms with van der Waals surface area (Å²) in [6.07, 6.45) is 1.05. The molecule has 0 saturated carbocycles. The molecule has 26 heavy (non-hydrogen) atoms. The predicted octanol–water partition coefficient (Wildman–Crippen LogP) is 4.07. The quantitative estimate of drug-likeness (QED) is 0.586. The van der Waals surface area contributed by atoms with Gasteiger partial charge in [-0.05, 0) is 51.6 Å². The number of nitrogens with one attached hydrogen (secondary N) is 1. The molecule has 1 N–H and O–H groups in total. The van der Waals surface area contributed by atoms with Crippen LogP contribution in [0, 0.1) is 0 Å². The molecule has 2 aromatic rings. The Balaban J connectivity index is 1.73. The van der Waals surface area contributed by atoms with Gasteiger partial charge in [-0.3, -0.25) is 9.69 Å². The molecule has 0 aliphatic carbocycles. The van der Waals surface area contributed by atoms with Crippen LogP contribution in [-0.2, 0) is 16.1 Å². The molecule has 0 fully saturated rings. The van der Waals surface area contributed by atoms with Gasteiger partial charge in [-0.15, -0.1) is 0 Å². The van der Waals surface area contributed by atoms with Crippen LogP contribution in [0.1, 0.15) is 26.0 Å². The van der Waals surface area contributed by atoms with E-state index in [2.05, 4.69) is 21.2 Å². The number of hydrogen-bond acceptors (Lipinski definition) is 4. The minimum atomic E-state index is 0.0109. The maximum atomic E-state index is 12.0. The molecule has 0 unspecified atom stereocenters. The van der Waals surface area contributed by atoms with Gasteiger partial charge in [0.2, 0.25) is 5.91 Å². The summed E-state index contributed by atoms with van der Waals surface area (Å²) in [6, 6.07) is 11.9. The molecule has 1 aromatic heterocycles. The zero-order chi connectivity index (χ0) is 18.9. The number of nitrogens with zero attached hydrogens (tertiary/aromatic N) is 1. The summed E-state index contributed by atoms with van der Waals surface area (Å²) in [5, 5.41) is 2.91. The normalized spacial score (nSPS) is 11.3. The van der Waals surface area contributed by atoms with Gasteiger partial charge in [-0.1, -0.05) is 28.1 Å². The van der Waals surface area contributed by atoms with Gasteiger partial charge in [-0.25, -0.2) is 0 Å². The second-order valence-electron chi connectivity index (χ2n) is 6.57. The Hall–Kier alpha value is -1.63. The van der Waals surface area contributed by atoms with Crippen LogP contribution < -0.4 is 5.32 Å². The third kappa shape index (κ3) is 7.32. The lowest BCUT2D eigenvalue weighted by Gasteiger charge is -2.15. The minimum absolute atomic E-state index is 0.0109. The van der Waals surface area contributed by atoms with E-state index in [1.807, 2.05) is 62.2 Å². The number of benzene rings is 1. The van der Waals surface area contributed by atoms with Crippen molar-refractivity contribution in [3.8, 4) is 11.3 Å². The average Bonchev–Trinajstić information content (AvgIpc) is 3.03. The lowest BCUT2D eigenvalue weighted by Crippen LogP contribution is -2.35. The number of carbonyl (C=O) groups excluding carboxylic acids is 1. The molecule has 1 aromatic carbocycles. The maximum absolute atomic E-state index is 12.0. The van der Waals surface area contributed by atoms with Crippen LogP contribution in [0.15, 0.2) is 45.3 Å². The molecule has 1 amide bonds. The van der Waals surface area contributed by atoms with Crippen LogP contribution >= 0.6 is 15.9 Å². The van der Waals surface area contributed by atoms with Crippen LogP contribution in [0.2, 0.25) is 0 Å². The number of likely N-dealkylation sites (N-methyl/N-ethyl adjacent to an activating group) is 1. The van der Waals surface area contributed by atoms with E-state index in [1.54, 1.807) is 0 Å². The SMILES string of the molecule is CC(C)OCCCNC(=O)CN(C)Cc1ccc(-c2ccc(Br)cc2)o1. The van der Waals surface area contributed by atoms with Gasteiger partial charge in [-0.2, -0.15) is 0 Å². The molecular formula is C20H27BrN2O3. The highest BCUT2D eigenvalue weighted by molar-refractivity contribution is 9.10. The molecule has 0 atom stereocenters. The number of amides is 1. The van der Waals surface area contributed by atoms with E-state index in [0.717, 1.165) is 28.0 Å². The molecule has 5 nitrogen and oxygen atoms in total. The van der Waals surface area contributed by atoms with E-state index in [4.69, 9.17) is 9.15 Å². The van der Waals surface area contributed by atoms with Gasteiger partial charge in [0.1, 0.15) is 11.5 Å². The van der Waals surface area contributed by atoms with Crippen molar-refractivity contribution < 1.29 is 13.9 Å². The van der Waals surface area contributed by atoms with Crippen molar-refractivity contribution in [3.63, 3.8) is 0 Å². The Kier molecular flexibility index (Phi) is 8.35. The van der Waals surface area contributed by atoms with Crippen molar-refractivity contribution in [2.24, 2.45) is 0 Å². The Bertz CT molecular complexity index is 683. The maximum Gasteiger partial charge on any atom is 0.234 e. The number of halogens is 1. The summed E-state index contributed by atoms with van der Waals surface area (Å²) < 4.78 is 12.4. The lowest BCUT2D eigenvalue weighted by molar-refractivity contribution is -0.122. The van der Waals surface area contributed by atoms with Gasteiger partial charge in [0.05, 0.1) is 19.2 Å². The van der Waals surface area contributed by atoms with Crippen LogP contribution in [-0.4, -0.2) is 43.7 Å². The summed E-state index contributed by atoms with van der Waals surface area (Å²) in [6.45, 7) is 6.22. The molecular weight excluding hydrogens is 396 g/mol. The highest BCUT2D eigenvalue weighted by Crippen LogP contribution is 2.24. The zero-order valence-electron chi connectivity index (χ0n) is 15.6. The largest absolute Gasteiger partial charge is 0.460 e. The number of ether oxygens (including phenoxy) is 1. The molecule has 6 heteroatoms. The van der Waals surface area contributed by atoms with Crippen molar-refractivity contribution in [1.82, 2.24) is 10.2 Å². The summed E-state index contributed by atoms with van der Waals surface area (Å²) in [5.74, 6) is 1.68. The molecule has 142 valence electrons. The minimum Gasteiger partial charge on any atom is -0.460 e. The van der Waals surface area contributed by atoms with E-state index < -0.39 is 0 Å². The molecule has 0 aliphatic rings. The van der Waals surface area contributed by atoms with E-state index in [1.165, 1.54) is 0 Å². The highest BCUT2D eigenvalue weighted by Gasteiger charge is 2.10. The van der Waals surface area contributed by atoms with Gasteiger partial charge >= 0.3 is 0 Å². The smallest absolute Gasteiger partial charge is 0.234 e. The second-order valence-corrected chi connectivity index (χ2v) is 7.48. The lowest BCUT2D eigenvalue weighted by atomic mass is 10.2. The van der Waals surface area contributed by atoms with Crippen molar-refractivity contribution in [1.29, 1.82) is 0 Å². The average molecular weight is 423 g/mol. The summed E-state index contributed by atoms with van der Waals surface area (Å²) in [7, 11) is 1.91. The van der Waals surface area contributed by atoms with Crippen molar-refractivity contribution in [2.75, 3.05) is 26.7 Å². The third-order valence-electron chi connectivity index (χ3n) is 3.72. The van der Waals surface area contributed by atoms with Gasteiger partial charge in [0, 0.05) is 23.2 Å². The number of furan rings is 1. The number of hydrogen-bond donors (Lipinski definition) is 1. The first-order chi connectivity index (χ1) is 12.4. The Morgan fingerprint density at radius 1 is 1.23 bits per heavy atom. The van der Waals surface area contributed by atoms with Crippen LogP contribution in [0.25, 0.3) is 11.3 Å². The molecule has 1 heterocycles. The van der Waals surface area contributed by atoms with Crippen molar-refractivity contribution >= 4 is 21.8 Å². The summed E-state index contributed by atoms with van der Waals surface area (Å²) in [4.78, 5) is 13.9. The molecule has 0 spiro atoms.